The van der Waals surface area contributed by atoms with Crippen LogP contribution >= 0.6 is 0 Å². The molecule has 4 aliphatic rings. The van der Waals surface area contributed by atoms with Gasteiger partial charge in [0.05, 0.1) is 18.9 Å². The fraction of sp³-hybridized carbons (Fsp3) is 0.636. The summed E-state index contributed by atoms with van der Waals surface area (Å²) >= 11 is 0. The Hall–Kier alpha value is -3.08. The number of oxime groups is 1. The highest BCUT2D eigenvalue weighted by molar-refractivity contribution is 5.96. The van der Waals surface area contributed by atoms with Crippen LogP contribution in [0.2, 0.25) is 0 Å². The fourth-order valence-corrected chi connectivity index (χ4v) is 8.96. The van der Waals surface area contributed by atoms with Crippen LogP contribution in [0.3, 0.4) is 0 Å². The number of hydrogen-bond donors (Lipinski definition) is 4. The van der Waals surface area contributed by atoms with Gasteiger partial charge in [0.2, 0.25) is 0 Å². The van der Waals surface area contributed by atoms with E-state index < -0.39 is 47.4 Å². The number of nitrogens with one attached hydrogen (secondary N) is 1. The maximum Gasteiger partial charge on any atom is 0.328 e. The number of carbonyl (C=O) groups excluding carboxylic acids is 3. The number of hydrogen-bond acceptors (Lipinski definition) is 9. The van der Waals surface area contributed by atoms with E-state index in [1.807, 2.05) is 43.3 Å². The number of ether oxygens (including phenoxy) is 1. The molecule has 8 atom stereocenters. The summed E-state index contributed by atoms with van der Waals surface area (Å²) in [5, 5.41) is 39.4. The van der Waals surface area contributed by atoms with E-state index in [1.54, 1.807) is 0 Å². The largest absolute Gasteiger partial charge is 0.467 e. The number of Topliss-reactive ketones (excluding diaryl/α,β-unsaturated/α-hetero) is 1. The minimum Gasteiger partial charge on any atom is -0.467 e. The minimum absolute atomic E-state index is 0.00901. The van der Waals surface area contributed by atoms with Crippen molar-refractivity contribution in [3.8, 4) is 0 Å². The smallest absolute Gasteiger partial charge is 0.328 e. The zero-order valence-electron chi connectivity index (χ0n) is 25.3. The number of aliphatic hydroxyl groups excluding tert-OH is 2. The Labute approximate surface area is 252 Å². The molecule has 4 N–H and O–H groups in total. The topological polar surface area (TPSA) is 155 Å². The molecule has 0 saturated heterocycles. The predicted octanol–water partition coefficient (Wildman–Crippen LogP) is 2.49. The Morgan fingerprint density at radius 1 is 1.12 bits per heavy atom. The zero-order valence-corrected chi connectivity index (χ0v) is 25.3. The molecule has 3 fully saturated rings. The van der Waals surface area contributed by atoms with Gasteiger partial charge in [-0.3, -0.25) is 9.59 Å². The lowest BCUT2D eigenvalue weighted by Gasteiger charge is -2.60. The second-order valence-electron chi connectivity index (χ2n) is 13.3. The minimum atomic E-state index is -1.61. The first-order chi connectivity index (χ1) is 20.5. The molecule has 0 unspecified atom stereocenters. The first-order valence-electron chi connectivity index (χ1n) is 15.3. The van der Waals surface area contributed by atoms with Crippen LogP contribution in [0.1, 0.15) is 64.4 Å². The van der Waals surface area contributed by atoms with Gasteiger partial charge in [-0.25, -0.2) is 4.79 Å². The van der Waals surface area contributed by atoms with Crippen LogP contribution in [0.5, 0.6) is 0 Å². The van der Waals surface area contributed by atoms with Crippen molar-refractivity contribution < 1.29 is 39.3 Å². The second kappa shape index (κ2) is 12.1. The van der Waals surface area contributed by atoms with Crippen molar-refractivity contribution in [1.82, 2.24) is 5.32 Å². The standard InChI is InChI=1S/C33H44N2O8/c1-31-13-11-22(35-43-19-28(39)34-25(30(40)42-3)15-20-7-5-4-6-8-20)16-21(31)9-10-23-24-12-14-33(41,27(38)18-36)32(24,2)17-26(37)29(23)31/h4-8,16,23-26,29,36-37,41H,9-15,17-19H2,1-3H3,(H,34,39)/t23-,24-,25+,26-,29+,31-,32-,33-/m0/s1. The molecule has 1 aromatic carbocycles. The van der Waals surface area contributed by atoms with Crippen LogP contribution in [-0.4, -0.2) is 76.8 Å². The molecule has 0 aliphatic heterocycles. The molecule has 0 spiro atoms. The quantitative estimate of drug-likeness (QED) is 0.250. The first-order valence-corrected chi connectivity index (χ1v) is 15.3. The van der Waals surface area contributed by atoms with Crippen molar-refractivity contribution in [1.29, 1.82) is 0 Å². The third-order valence-electron chi connectivity index (χ3n) is 11.1. The molecule has 10 heteroatoms. The van der Waals surface area contributed by atoms with Gasteiger partial charge in [-0.1, -0.05) is 54.9 Å². The molecule has 43 heavy (non-hydrogen) atoms. The van der Waals surface area contributed by atoms with E-state index >= 15 is 0 Å². The van der Waals surface area contributed by atoms with Crippen LogP contribution in [0.15, 0.2) is 47.1 Å². The van der Waals surface area contributed by atoms with Crippen LogP contribution in [-0.2, 0) is 30.4 Å². The summed E-state index contributed by atoms with van der Waals surface area (Å²) in [5.41, 5.74) is 0.181. The summed E-state index contributed by atoms with van der Waals surface area (Å²) in [6.45, 7) is 3.08. The molecular weight excluding hydrogens is 552 g/mol. The third-order valence-corrected chi connectivity index (χ3v) is 11.1. The van der Waals surface area contributed by atoms with Gasteiger partial charge in [0.25, 0.3) is 5.91 Å². The maximum atomic E-state index is 12.6. The number of esters is 1. The molecule has 0 bridgehead atoms. The Morgan fingerprint density at radius 2 is 1.86 bits per heavy atom. The van der Waals surface area contributed by atoms with Crippen LogP contribution < -0.4 is 5.32 Å². The average Bonchev–Trinajstić information content (AvgIpc) is 3.26. The van der Waals surface area contributed by atoms with Crippen LogP contribution in [0.4, 0.5) is 0 Å². The van der Waals surface area contributed by atoms with Gasteiger partial charge in [0.15, 0.2) is 12.4 Å². The number of methoxy groups -OCH3 is 1. The number of ketones is 1. The lowest BCUT2D eigenvalue weighted by Crippen LogP contribution is -2.62. The average molecular weight is 597 g/mol. The number of nitrogens with zero attached hydrogens (tertiary/aromatic N) is 1. The number of amides is 1. The summed E-state index contributed by atoms with van der Waals surface area (Å²) in [4.78, 5) is 42.9. The first kappa shape index (κ1) is 31.3. The van der Waals surface area contributed by atoms with E-state index in [2.05, 4.69) is 17.4 Å². The Bertz CT molecular complexity index is 1300. The van der Waals surface area contributed by atoms with Crippen molar-refractivity contribution in [2.45, 2.75) is 83.0 Å². The second-order valence-corrected chi connectivity index (χ2v) is 13.3. The van der Waals surface area contributed by atoms with E-state index in [1.165, 1.54) is 12.7 Å². The lowest BCUT2D eigenvalue weighted by atomic mass is 9.45. The summed E-state index contributed by atoms with van der Waals surface area (Å²) in [7, 11) is 1.28. The molecular formula is C33H44N2O8. The molecule has 1 aromatic rings. The molecule has 5 rings (SSSR count). The molecule has 0 radical (unpaired) electrons. The van der Waals surface area contributed by atoms with E-state index in [0.717, 1.165) is 30.5 Å². The highest BCUT2D eigenvalue weighted by Crippen LogP contribution is 2.67. The number of allylic oxidation sites excluding steroid dienone is 2. The molecule has 4 aliphatic carbocycles. The number of aliphatic hydroxyl groups is 3. The molecule has 0 aromatic heterocycles. The maximum absolute atomic E-state index is 12.6. The Balaban J connectivity index is 1.23. The Morgan fingerprint density at radius 3 is 2.56 bits per heavy atom. The van der Waals surface area contributed by atoms with E-state index in [-0.39, 0.29) is 29.8 Å². The van der Waals surface area contributed by atoms with Gasteiger partial charge in [-0.2, -0.15) is 0 Å². The fourth-order valence-electron chi connectivity index (χ4n) is 8.96. The lowest BCUT2D eigenvalue weighted by molar-refractivity contribution is -0.181. The van der Waals surface area contributed by atoms with Crippen molar-refractivity contribution in [2.24, 2.45) is 33.7 Å². The molecule has 1 amide bonds. The van der Waals surface area contributed by atoms with Crippen LogP contribution in [0.25, 0.3) is 0 Å². The van der Waals surface area contributed by atoms with E-state index in [9.17, 15) is 29.7 Å². The van der Waals surface area contributed by atoms with Crippen molar-refractivity contribution >= 4 is 23.4 Å². The summed E-state index contributed by atoms with van der Waals surface area (Å²) in [5.74, 6) is -1.32. The van der Waals surface area contributed by atoms with E-state index in [0.29, 0.717) is 32.1 Å². The molecule has 0 heterocycles. The predicted molar refractivity (Wildman–Crippen MR) is 158 cm³/mol. The van der Waals surface area contributed by atoms with Crippen molar-refractivity contribution in [2.75, 3.05) is 20.3 Å². The molecule has 10 nitrogen and oxygen atoms in total. The number of rotatable bonds is 9. The van der Waals surface area contributed by atoms with Gasteiger partial charge in [0.1, 0.15) is 18.2 Å². The van der Waals surface area contributed by atoms with Gasteiger partial charge in [0, 0.05) is 11.8 Å². The third kappa shape index (κ3) is 5.53. The molecule has 234 valence electrons. The van der Waals surface area contributed by atoms with E-state index in [4.69, 9.17) is 9.57 Å². The summed E-state index contributed by atoms with van der Waals surface area (Å²) in [6, 6.07) is 8.51. The number of fused-ring (bicyclic) bond motifs is 5. The highest BCUT2D eigenvalue weighted by Gasteiger charge is 2.68. The summed E-state index contributed by atoms with van der Waals surface area (Å²) in [6.07, 6.45) is 6.00. The SMILES string of the molecule is COC(=O)[C@@H](Cc1ccccc1)NC(=O)CON=C1C=C2CC[C@@H]3[C@H]([C@@H](O)C[C@@]4(C)[C@H]3CC[C@]4(O)C(=O)CO)[C@@]2(C)CC1. The van der Waals surface area contributed by atoms with Gasteiger partial charge in [-0.15, -0.1) is 0 Å². The zero-order chi connectivity index (χ0) is 31.0. The monoisotopic (exact) mass is 596 g/mol. The summed E-state index contributed by atoms with van der Waals surface area (Å²) < 4.78 is 4.86. The number of benzene rings is 1. The van der Waals surface area contributed by atoms with Crippen molar-refractivity contribution in [3.05, 3.63) is 47.5 Å². The number of carbonyl (C=O) groups is 3. The van der Waals surface area contributed by atoms with Gasteiger partial charge < -0.3 is 30.2 Å². The molecule has 3 saturated carbocycles. The Kier molecular flexibility index (Phi) is 8.84. The van der Waals surface area contributed by atoms with Gasteiger partial charge in [-0.05, 0) is 79.8 Å². The van der Waals surface area contributed by atoms with Crippen LogP contribution in [0, 0.1) is 28.6 Å². The normalized spacial score (nSPS) is 36.4. The van der Waals surface area contributed by atoms with Gasteiger partial charge >= 0.3 is 5.97 Å². The highest BCUT2D eigenvalue weighted by atomic mass is 16.6. The van der Waals surface area contributed by atoms with Crippen molar-refractivity contribution in [3.63, 3.8) is 0 Å².